The van der Waals surface area contributed by atoms with E-state index in [-0.39, 0.29) is 11.9 Å². The van der Waals surface area contributed by atoms with E-state index in [4.69, 9.17) is 5.73 Å². The van der Waals surface area contributed by atoms with Crippen LogP contribution in [0.25, 0.3) is 0 Å². The van der Waals surface area contributed by atoms with Gasteiger partial charge in [0, 0.05) is 25.3 Å². The normalized spacial score (nSPS) is 12.5. The highest BCUT2D eigenvalue weighted by Gasteiger charge is 2.14. The molecule has 5 heteroatoms. The van der Waals surface area contributed by atoms with E-state index in [0.717, 1.165) is 25.2 Å². The van der Waals surface area contributed by atoms with E-state index in [1.165, 1.54) is 0 Å². The fourth-order valence-electron chi connectivity index (χ4n) is 1.80. The smallest absolute Gasteiger partial charge is 0.242 e. The fraction of sp³-hybridized carbons (Fsp3) is 0.667. The van der Waals surface area contributed by atoms with Crippen LogP contribution in [0.4, 0.5) is 0 Å². The Morgan fingerprint density at radius 3 is 2.65 bits per heavy atom. The summed E-state index contributed by atoms with van der Waals surface area (Å²) in [5.41, 5.74) is 6.89. The lowest BCUT2D eigenvalue weighted by atomic mass is 10.2. The number of aromatic nitrogens is 2. The molecule has 0 fully saturated rings. The highest BCUT2D eigenvalue weighted by atomic mass is 16.2. The van der Waals surface area contributed by atoms with Crippen molar-refractivity contribution in [3.63, 3.8) is 0 Å². The summed E-state index contributed by atoms with van der Waals surface area (Å²) in [5.74, 6) is 0.109. The van der Waals surface area contributed by atoms with Gasteiger partial charge in [-0.05, 0) is 20.3 Å². The number of amides is 1. The standard InChI is InChI=1S/C12H22N4O/c1-4-10(13)11-7-14-9-16(11)8-12(17)15(5-2)6-3/h7,9-10H,4-6,8,13H2,1-3H3/t10-/m1/s1. The van der Waals surface area contributed by atoms with Gasteiger partial charge < -0.3 is 15.2 Å². The summed E-state index contributed by atoms with van der Waals surface area (Å²) in [5, 5.41) is 0. The number of nitrogens with zero attached hydrogens (tertiary/aromatic N) is 3. The summed E-state index contributed by atoms with van der Waals surface area (Å²) in [6, 6.07) is -0.0537. The molecule has 2 N–H and O–H groups in total. The van der Waals surface area contributed by atoms with Gasteiger partial charge in [-0.25, -0.2) is 4.98 Å². The van der Waals surface area contributed by atoms with Crippen LogP contribution in [0.1, 0.15) is 38.9 Å². The predicted molar refractivity (Wildman–Crippen MR) is 67.4 cm³/mol. The molecule has 1 aromatic heterocycles. The monoisotopic (exact) mass is 238 g/mol. The minimum atomic E-state index is -0.0537. The zero-order chi connectivity index (χ0) is 12.8. The van der Waals surface area contributed by atoms with Gasteiger partial charge in [0.25, 0.3) is 0 Å². The number of rotatable bonds is 6. The van der Waals surface area contributed by atoms with Crippen molar-refractivity contribution in [3.8, 4) is 0 Å². The SMILES string of the molecule is CC[C@@H](N)c1cncn1CC(=O)N(CC)CC. The van der Waals surface area contributed by atoms with Gasteiger partial charge in [-0.3, -0.25) is 4.79 Å². The second-order valence-electron chi connectivity index (χ2n) is 4.03. The molecule has 0 aromatic carbocycles. The minimum Gasteiger partial charge on any atom is -0.342 e. The van der Waals surface area contributed by atoms with Crippen molar-refractivity contribution >= 4 is 5.91 Å². The number of hydrogen-bond donors (Lipinski definition) is 1. The molecule has 0 aliphatic carbocycles. The average molecular weight is 238 g/mol. The summed E-state index contributed by atoms with van der Waals surface area (Å²) in [7, 11) is 0. The van der Waals surface area contributed by atoms with Crippen molar-refractivity contribution in [2.75, 3.05) is 13.1 Å². The number of carbonyl (C=O) groups excluding carboxylic acids is 1. The maximum atomic E-state index is 12.0. The first-order chi connectivity index (χ1) is 8.13. The van der Waals surface area contributed by atoms with Crippen LogP contribution in [-0.4, -0.2) is 33.4 Å². The maximum Gasteiger partial charge on any atom is 0.242 e. The Morgan fingerprint density at radius 2 is 2.12 bits per heavy atom. The van der Waals surface area contributed by atoms with Gasteiger partial charge >= 0.3 is 0 Å². The highest BCUT2D eigenvalue weighted by molar-refractivity contribution is 5.76. The first-order valence-electron chi connectivity index (χ1n) is 6.17. The van der Waals surface area contributed by atoms with Crippen molar-refractivity contribution in [1.82, 2.24) is 14.5 Å². The Labute approximate surface area is 103 Å². The summed E-state index contributed by atoms with van der Waals surface area (Å²) in [4.78, 5) is 17.8. The van der Waals surface area contributed by atoms with Crippen molar-refractivity contribution in [2.45, 2.75) is 39.8 Å². The van der Waals surface area contributed by atoms with Crippen LogP contribution in [0, 0.1) is 0 Å². The molecular formula is C12H22N4O. The topological polar surface area (TPSA) is 64.1 Å². The molecular weight excluding hydrogens is 216 g/mol. The number of carbonyl (C=O) groups is 1. The quantitative estimate of drug-likeness (QED) is 0.809. The van der Waals surface area contributed by atoms with Gasteiger partial charge in [0.15, 0.2) is 0 Å². The lowest BCUT2D eigenvalue weighted by Crippen LogP contribution is -2.34. The van der Waals surface area contributed by atoms with E-state index in [0.29, 0.717) is 6.54 Å². The molecule has 0 saturated heterocycles. The van der Waals surface area contributed by atoms with Crippen LogP contribution >= 0.6 is 0 Å². The zero-order valence-electron chi connectivity index (χ0n) is 10.9. The molecule has 0 aliphatic rings. The third kappa shape index (κ3) is 3.30. The van der Waals surface area contributed by atoms with Crippen LogP contribution in [0.3, 0.4) is 0 Å². The van der Waals surface area contributed by atoms with Crippen LogP contribution in [0.15, 0.2) is 12.5 Å². The molecule has 1 atom stereocenters. The van der Waals surface area contributed by atoms with Gasteiger partial charge in [0.1, 0.15) is 6.54 Å². The van der Waals surface area contributed by atoms with Gasteiger partial charge in [-0.1, -0.05) is 6.92 Å². The second kappa shape index (κ2) is 6.39. The van der Waals surface area contributed by atoms with Crippen molar-refractivity contribution < 1.29 is 4.79 Å². The van der Waals surface area contributed by atoms with Crippen LogP contribution in [0.2, 0.25) is 0 Å². The molecule has 1 aromatic rings. The van der Waals surface area contributed by atoms with E-state index >= 15 is 0 Å². The lowest BCUT2D eigenvalue weighted by Gasteiger charge is -2.20. The maximum absolute atomic E-state index is 12.0. The summed E-state index contributed by atoms with van der Waals surface area (Å²) in [6.45, 7) is 7.78. The second-order valence-corrected chi connectivity index (χ2v) is 4.03. The molecule has 0 unspecified atom stereocenters. The predicted octanol–water partition coefficient (Wildman–Crippen LogP) is 1.16. The van der Waals surface area contributed by atoms with E-state index in [1.807, 2.05) is 25.3 Å². The van der Waals surface area contributed by atoms with Crippen molar-refractivity contribution in [1.29, 1.82) is 0 Å². The molecule has 0 radical (unpaired) electrons. The first-order valence-corrected chi connectivity index (χ1v) is 6.17. The number of imidazole rings is 1. The Kier molecular flexibility index (Phi) is 5.15. The first kappa shape index (κ1) is 13.7. The van der Waals surface area contributed by atoms with E-state index in [2.05, 4.69) is 4.98 Å². The molecule has 0 bridgehead atoms. The Balaban J connectivity index is 2.75. The zero-order valence-corrected chi connectivity index (χ0v) is 10.9. The Hall–Kier alpha value is -1.36. The largest absolute Gasteiger partial charge is 0.342 e. The van der Waals surface area contributed by atoms with Crippen LogP contribution in [0.5, 0.6) is 0 Å². The van der Waals surface area contributed by atoms with Crippen LogP contribution < -0.4 is 5.73 Å². The molecule has 96 valence electrons. The average Bonchev–Trinajstić information content (AvgIpc) is 2.77. The van der Waals surface area contributed by atoms with Crippen molar-refractivity contribution in [2.24, 2.45) is 5.73 Å². The molecule has 1 amide bonds. The van der Waals surface area contributed by atoms with E-state index < -0.39 is 0 Å². The van der Waals surface area contributed by atoms with E-state index in [1.54, 1.807) is 17.4 Å². The third-order valence-corrected chi connectivity index (χ3v) is 2.99. The number of likely N-dealkylation sites (N-methyl/N-ethyl adjacent to an activating group) is 1. The van der Waals surface area contributed by atoms with Gasteiger partial charge in [-0.15, -0.1) is 0 Å². The molecule has 17 heavy (non-hydrogen) atoms. The molecule has 0 spiro atoms. The minimum absolute atomic E-state index is 0.0537. The van der Waals surface area contributed by atoms with E-state index in [9.17, 15) is 4.79 Å². The summed E-state index contributed by atoms with van der Waals surface area (Å²) < 4.78 is 1.84. The molecule has 5 nitrogen and oxygen atoms in total. The van der Waals surface area contributed by atoms with Gasteiger partial charge in [0.2, 0.25) is 5.91 Å². The highest BCUT2D eigenvalue weighted by Crippen LogP contribution is 2.13. The Morgan fingerprint density at radius 1 is 1.47 bits per heavy atom. The molecule has 1 heterocycles. The van der Waals surface area contributed by atoms with Crippen molar-refractivity contribution in [3.05, 3.63) is 18.2 Å². The summed E-state index contributed by atoms with van der Waals surface area (Å²) in [6.07, 6.45) is 4.25. The number of hydrogen-bond acceptors (Lipinski definition) is 3. The fourth-order valence-corrected chi connectivity index (χ4v) is 1.80. The Bertz CT molecular complexity index is 357. The van der Waals surface area contributed by atoms with Crippen LogP contribution in [-0.2, 0) is 11.3 Å². The molecule has 1 rings (SSSR count). The van der Waals surface area contributed by atoms with Gasteiger partial charge in [0.05, 0.1) is 12.0 Å². The van der Waals surface area contributed by atoms with Gasteiger partial charge in [-0.2, -0.15) is 0 Å². The lowest BCUT2D eigenvalue weighted by molar-refractivity contribution is -0.131. The third-order valence-electron chi connectivity index (χ3n) is 2.99. The molecule has 0 aliphatic heterocycles. The number of nitrogens with two attached hydrogens (primary N) is 1. The summed E-state index contributed by atoms with van der Waals surface area (Å²) >= 11 is 0. The molecule has 0 saturated carbocycles.